The molecule has 0 bridgehead atoms. The Balaban J connectivity index is 2.98. The first-order valence-corrected chi connectivity index (χ1v) is 10.3. The normalized spacial score (nSPS) is 10.8. The van der Waals surface area contributed by atoms with Gasteiger partial charge in [-0.05, 0) is 17.3 Å². The van der Waals surface area contributed by atoms with Gasteiger partial charge in [-0.1, -0.05) is 99.6 Å². The molecule has 21 heavy (non-hydrogen) atoms. The summed E-state index contributed by atoms with van der Waals surface area (Å²) < 4.78 is 1.31. The lowest BCUT2D eigenvalue weighted by Gasteiger charge is -2.03. The minimum Gasteiger partial charge on any atom is -0.289 e. The number of carbonyl (C=O) groups excluding carboxylic acids is 1. The van der Waals surface area contributed by atoms with Crippen molar-refractivity contribution < 1.29 is 10.0 Å². The van der Waals surface area contributed by atoms with Crippen molar-refractivity contribution in [1.29, 1.82) is 0 Å². The summed E-state index contributed by atoms with van der Waals surface area (Å²) in [6.45, 7) is 0. The van der Waals surface area contributed by atoms with Crippen molar-refractivity contribution in [3.63, 3.8) is 0 Å². The Kier molecular flexibility index (Phi) is 18.3. The summed E-state index contributed by atoms with van der Waals surface area (Å²) in [5.41, 5.74) is 1.68. The molecule has 0 atom stereocenters. The first kappa shape index (κ1) is 21.2. The van der Waals surface area contributed by atoms with Gasteiger partial charge < -0.3 is 0 Å². The largest absolute Gasteiger partial charge is 0.289 e. The van der Waals surface area contributed by atoms with Crippen LogP contribution in [0.5, 0.6) is 0 Å². The molecular weight excluding hydrogens is 377 g/mol. The number of amides is 1. The van der Waals surface area contributed by atoms with E-state index in [1.54, 1.807) is 5.48 Å². The van der Waals surface area contributed by atoms with Crippen LogP contribution in [0.3, 0.4) is 0 Å². The van der Waals surface area contributed by atoms with Crippen molar-refractivity contribution in [3.05, 3.63) is 0 Å². The van der Waals surface area contributed by atoms with Gasteiger partial charge in [-0.25, -0.2) is 5.48 Å². The van der Waals surface area contributed by atoms with E-state index in [2.05, 4.69) is 22.6 Å². The van der Waals surface area contributed by atoms with Crippen molar-refractivity contribution in [2.45, 2.75) is 96.3 Å². The molecule has 1 amide bonds. The summed E-state index contributed by atoms with van der Waals surface area (Å²) in [4.78, 5) is 10.8. The van der Waals surface area contributed by atoms with Gasteiger partial charge in [-0.3, -0.25) is 10.0 Å². The van der Waals surface area contributed by atoms with Gasteiger partial charge in [0.1, 0.15) is 0 Å². The van der Waals surface area contributed by atoms with E-state index in [0.29, 0.717) is 6.42 Å². The minimum absolute atomic E-state index is 0.260. The quantitative estimate of drug-likeness (QED) is 0.111. The van der Waals surface area contributed by atoms with Crippen LogP contribution in [0, 0.1) is 0 Å². The summed E-state index contributed by atoms with van der Waals surface area (Å²) in [5, 5.41) is 8.35. The molecule has 4 heteroatoms. The van der Waals surface area contributed by atoms with E-state index in [1.807, 2.05) is 0 Å². The fraction of sp³-hybridized carbons (Fsp3) is 0.941. The summed E-state index contributed by atoms with van der Waals surface area (Å²) in [7, 11) is 0. The second-order valence-corrected chi connectivity index (χ2v) is 7.00. The van der Waals surface area contributed by atoms with Crippen molar-refractivity contribution in [1.82, 2.24) is 5.48 Å². The van der Waals surface area contributed by atoms with Gasteiger partial charge in [0.25, 0.3) is 0 Å². The minimum atomic E-state index is -0.260. The Morgan fingerprint density at radius 3 is 1.33 bits per heavy atom. The molecule has 0 spiro atoms. The number of hydrogen-bond acceptors (Lipinski definition) is 2. The van der Waals surface area contributed by atoms with Crippen LogP contribution in [0.25, 0.3) is 0 Å². The Hall–Kier alpha value is 0.160. The monoisotopic (exact) mass is 411 g/mol. The van der Waals surface area contributed by atoms with E-state index >= 15 is 0 Å². The smallest absolute Gasteiger partial charge is 0.243 e. The van der Waals surface area contributed by atoms with Gasteiger partial charge in [0.15, 0.2) is 0 Å². The number of hydroxylamine groups is 1. The molecule has 0 unspecified atom stereocenters. The van der Waals surface area contributed by atoms with Crippen LogP contribution in [-0.2, 0) is 4.79 Å². The molecule has 0 saturated heterocycles. The van der Waals surface area contributed by atoms with Crippen molar-refractivity contribution in [2.75, 3.05) is 4.43 Å². The number of unbranched alkanes of at least 4 members (excludes halogenated alkanes) is 13. The van der Waals surface area contributed by atoms with Crippen LogP contribution >= 0.6 is 22.6 Å². The molecule has 0 aromatic heterocycles. The lowest BCUT2D eigenvalue weighted by molar-refractivity contribution is -0.129. The summed E-state index contributed by atoms with van der Waals surface area (Å²) in [5.74, 6) is -0.260. The first-order valence-electron chi connectivity index (χ1n) is 8.80. The summed E-state index contributed by atoms with van der Waals surface area (Å²) >= 11 is 2.46. The average Bonchev–Trinajstić information content (AvgIpc) is 2.50. The van der Waals surface area contributed by atoms with Gasteiger partial charge in [0.2, 0.25) is 5.91 Å². The zero-order valence-electron chi connectivity index (χ0n) is 13.5. The number of nitrogens with one attached hydrogen (secondary N) is 1. The van der Waals surface area contributed by atoms with Crippen molar-refractivity contribution >= 4 is 28.5 Å². The molecule has 0 aliphatic rings. The molecule has 2 N–H and O–H groups in total. The molecule has 0 aromatic rings. The van der Waals surface area contributed by atoms with Crippen LogP contribution in [0.2, 0.25) is 0 Å². The van der Waals surface area contributed by atoms with E-state index < -0.39 is 0 Å². The van der Waals surface area contributed by atoms with Gasteiger partial charge in [0, 0.05) is 6.42 Å². The van der Waals surface area contributed by atoms with Crippen molar-refractivity contribution in [3.8, 4) is 0 Å². The van der Waals surface area contributed by atoms with E-state index in [9.17, 15) is 4.79 Å². The predicted molar refractivity (Wildman–Crippen MR) is 98.1 cm³/mol. The Bertz CT molecular complexity index is 225. The van der Waals surface area contributed by atoms with Gasteiger partial charge in [-0.15, -0.1) is 0 Å². The third kappa shape index (κ3) is 18.1. The third-order valence-corrected chi connectivity index (χ3v) is 4.67. The highest BCUT2D eigenvalue weighted by Gasteiger charge is 1.98. The van der Waals surface area contributed by atoms with E-state index in [-0.39, 0.29) is 5.91 Å². The number of hydrogen-bond donors (Lipinski definition) is 2. The Morgan fingerprint density at radius 2 is 1.00 bits per heavy atom. The van der Waals surface area contributed by atoms with Gasteiger partial charge in [-0.2, -0.15) is 0 Å². The molecule has 0 rings (SSSR count). The fourth-order valence-corrected chi connectivity index (χ4v) is 3.10. The summed E-state index contributed by atoms with van der Waals surface area (Å²) in [6.07, 6.45) is 19.0. The molecule has 0 fully saturated rings. The zero-order chi connectivity index (χ0) is 15.6. The predicted octanol–water partition coefficient (Wildman–Crippen LogP) is 5.78. The van der Waals surface area contributed by atoms with Gasteiger partial charge in [0.05, 0.1) is 0 Å². The topological polar surface area (TPSA) is 49.3 Å². The Labute approximate surface area is 144 Å². The fourth-order valence-electron chi connectivity index (χ4n) is 2.56. The van der Waals surface area contributed by atoms with E-state index in [4.69, 9.17) is 5.21 Å². The highest BCUT2D eigenvalue weighted by atomic mass is 127. The molecule has 0 heterocycles. The van der Waals surface area contributed by atoms with Crippen LogP contribution in [0.15, 0.2) is 0 Å². The maximum Gasteiger partial charge on any atom is 0.243 e. The molecular formula is C17H34INO2. The standard InChI is InChI=1S/C17H34INO2/c18-16-14-12-10-8-6-4-2-1-3-5-7-9-11-13-15-17(20)19-21/h21H,1-16H2,(H,19,20). The van der Waals surface area contributed by atoms with Crippen LogP contribution < -0.4 is 5.48 Å². The summed E-state index contributed by atoms with van der Waals surface area (Å²) in [6, 6.07) is 0. The Morgan fingerprint density at radius 1 is 0.667 bits per heavy atom. The maximum atomic E-state index is 10.8. The van der Waals surface area contributed by atoms with Crippen LogP contribution in [0.1, 0.15) is 96.3 Å². The van der Waals surface area contributed by atoms with E-state index in [1.165, 1.54) is 81.5 Å². The third-order valence-electron chi connectivity index (χ3n) is 3.91. The molecule has 3 nitrogen and oxygen atoms in total. The number of carbonyl (C=O) groups is 1. The second kappa shape index (κ2) is 18.2. The molecule has 0 saturated carbocycles. The van der Waals surface area contributed by atoms with Gasteiger partial charge >= 0.3 is 0 Å². The zero-order valence-corrected chi connectivity index (χ0v) is 15.7. The molecule has 0 aliphatic heterocycles. The lowest BCUT2D eigenvalue weighted by atomic mass is 10.0. The van der Waals surface area contributed by atoms with Crippen LogP contribution in [0.4, 0.5) is 0 Å². The highest BCUT2D eigenvalue weighted by Crippen LogP contribution is 2.13. The average molecular weight is 411 g/mol. The number of halogens is 1. The van der Waals surface area contributed by atoms with Crippen molar-refractivity contribution in [2.24, 2.45) is 0 Å². The lowest BCUT2D eigenvalue weighted by Crippen LogP contribution is -2.17. The van der Waals surface area contributed by atoms with Crippen LogP contribution in [-0.4, -0.2) is 15.5 Å². The maximum absolute atomic E-state index is 10.8. The molecule has 0 aliphatic carbocycles. The first-order chi connectivity index (χ1) is 10.3. The van der Waals surface area contributed by atoms with E-state index in [0.717, 1.165) is 12.8 Å². The highest BCUT2D eigenvalue weighted by molar-refractivity contribution is 14.1. The molecule has 126 valence electrons. The molecule has 0 aromatic carbocycles. The number of alkyl halides is 1. The SMILES string of the molecule is O=C(CCCCCCCCCCCCCCCCI)NO. The molecule has 0 radical (unpaired) electrons. The number of rotatable bonds is 16. The second-order valence-electron chi connectivity index (χ2n) is 5.92.